The zero-order chi connectivity index (χ0) is 39.4. The number of methoxy groups -OCH3 is 2. The van der Waals surface area contributed by atoms with Gasteiger partial charge in [-0.3, -0.25) is 14.9 Å². The Labute approximate surface area is 321 Å². The van der Waals surface area contributed by atoms with Gasteiger partial charge in [-0.15, -0.1) is 0 Å². The summed E-state index contributed by atoms with van der Waals surface area (Å²) >= 11 is 7.11. The molecule has 0 unspecified atom stereocenters. The molecule has 0 bridgehead atoms. The number of nitrogens with zero attached hydrogens (tertiary/aromatic N) is 3. The standard InChI is InChI=1S/C39H43ClF3N7O5/c1-20(2)33(38(52)53)45-19-30-37(55-4)50-35(34(47-30)39(41,42)43)48-28-15-13-24-23(7-5-8-25(24)28)26-9-6-10-27(32(26)40)29-14-11-21(36(49-29)54-3)17-44-18-22-12-16-31(51)46-22/h5-11,14,20,22,28,33,44-45H,12-13,15-19H2,1-4H3,(H,46,51)(H,48,50)(H,52,53)/t22-,28-,33-/m0/s1. The first kappa shape index (κ1) is 39.7. The fourth-order valence-electron chi connectivity index (χ4n) is 7.15. The van der Waals surface area contributed by atoms with Crippen LogP contribution in [0.1, 0.15) is 67.2 Å². The van der Waals surface area contributed by atoms with Gasteiger partial charge in [0.1, 0.15) is 11.7 Å². The van der Waals surface area contributed by atoms with Crippen LogP contribution in [0.2, 0.25) is 5.02 Å². The number of carboxylic acids is 1. The van der Waals surface area contributed by atoms with Gasteiger partial charge in [0.25, 0.3) is 0 Å². The number of benzene rings is 2. The van der Waals surface area contributed by atoms with Crippen LogP contribution in [0.15, 0.2) is 48.5 Å². The molecular weight excluding hydrogens is 739 g/mol. The molecule has 1 saturated heterocycles. The maximum Gasteiger partial charge on any atom is 0.437 e. The number of fused-ring (bicyclic) bond motifs is 1. The number of hydrogen-bond acceptors (Lipinski definition) is 10. The van der Waals surface area contributed by atoms with Gasteiger partial charge >= 0.3 is 12.1 Å². The first-order valence-corrected chi connectivity index (χ1v) is 18.4. The molecule has 1 aliphatic heterocycles. The zero-order valence-corrected chi connectivity index (χ0v) is 31.6. The van der Waals surface area contributed by atoms with Crippen molar-refractivity contribution >= 4 is 29.3 Å². The largest absolute Gasteiger partial charge is 0.481 e. The molecule has 2 aromatic heterocycles. The molecule has 1 amide bonds. The van der Waals surface area contributed by atoms with E-state index in [4.69, 9.17) is 26.1 Å². The molecule has 5 N–H and O–H groups in total. The third-order valence-corrected chi connectivity index (χ3v) is 10.3. The number of halogens is 4. The van der Waals surface area contributed by atoms with Crippen molar-refractivity contribution in [3.63, 3.8) is 0 Å². The normalized spacial score (nSPS) is 17.2. The molecule has 1 aliphatic carbocycles. The van der Waals surface area contributed by atoms with Gasteiger partial charge in [0.15, 0.2) is 11.5 Å². The van der Waals surface area contributed by atoms with Gasteiger partial charge in [-0.05, 0) is 47.9 Å². The van der Waals surface area contributed by atoms with Crippen LogP contribution in [-0.4, -0.2) is 64.8 Å². The summed E-state index contributed by atoms with van der Waals surface area (Å²) in [6.07, 6.45) is -2.50. The number of aliphatic carboxylic acids is 1. The monoisotopic (exact) mass is 781 g/mol. The Morgan fingerprint density at radius 2 is 1.69 bits per heavy atom. The summed E-state index contributed by atoms with van der Waals surface area (Å²) < 4.78 is 54.3. The molecular formula is C39H43ClF3N7O5. The first-order chi connectivity index (χ1) is 26.3. The molecule has 0 spiro atoms. The number of alkyl halides is 3. The second kappa shape index (κ2) is 16.8. The highest BCUT2D eigenvalue weighted by Crippen LogP contribution is 2.44. The zero-order valence-electron chi connectivity index (χ0n) is 30.8. The Morgan fingerprint density at radius 3 is 2.36 bits per heavy atom. The molecule has 3 heterocycles. The highest BCUT2D eigenvalue weighted by atomic mass is 35.5. The van der Waals surface area contributed by atoms with Crippen LogP contribution in [-0.2, 0) is 35.3 Å². The van der Waals surface area contributed by atoms with Crippen LogP contribution >= 0.6 is 11.6 Å². The molecule has 2 aromatic carbocycles. The number of ether oxygens (including phenoxy) is 2. The maximum atomic E-state index is 14.5. The van der Waals surface area contributed by atoms with E-state index < -0.39 is 35.7 Å². The van der Waals surface area contributed by atoms with E-state index in [0.717, 1.165) is 34.2 Å². The van der Waals surface area contributed by atoms with E-state index in [2.05, 4.69) is 31.2 Å². The van der Waals surface area contributed by atoms with Gasteiger partial charge in [-0.2, -0.15) is 18.2 Å². The Kier molecular flexibility index (Phi) is 12.1. The van der Waals surface area contributed by atoms with Crippen molar-refractivity contribution < 1.29 is 37.3 Å². The van der Waals surface area contributed by atoms with E-state index in [1.165, 1.54) is 7.11 Å². The molecule has 2 aliphatic rings. The summed E-state index contributed by atoms with van der Waals surface area (Å²) in [7, 11) is 2.83. The molecule has 55 heavy (non-hydrogen) atoms. The Balaban J connectivity index is 1.25. The predicted molar refractivity (Wildman–Crippen MR) is 201 cm³/mol. The lowest BCUT2D eigenvalue weighted by Crippen LogP contribution is -2.40. The molecule has 0 radical (unpaired) electrons. The van der Waals surface area contributed by atoms with Crippen molar-refractivity contribution in [2.24, 2.45) is 5.92 Å². The number of pyridine rings is 1. The van der Waals surface area contributed by atoms with Gasteiger partial charge in [-0.1, -0.05) is 67.9 Å². The first-order valence-electron chi connectivity index (χ1n) is 18.0. The second-order valence-corrected chi connectivity index (χ2v) is 14.3. The van der Waals surface area contributed by atoms with Gasteiger partial charge in [0.2, 0.25) is 17.7 Å². The smallest absolute Gasteiger partial charge is 0.437 e. The molecule has 6 rings (SSSR count). The molecule has 292 valence electrons. The summed E-state index contributed by atoms with van der Waals surface area (Å²) in [6, 6.07) is 13.7. The van der Waals surface area contributed by atoms with E-state index >= 15 is 0 Å². The van der Waals surface area contributed by atoms with Gasteiger partial charge in [0, 0.05) is 48.8 Å². The third kappa shape index (κ3) is 8.79. The van der Waals surface area contributed by atoms with Crippen molar-refractivity contribution in [3.8, 4) is 34.1 Å². The molecule has 1 fully saturated rings. The number of hydrogen-bond donors (Lipinski definition) is 5. The SMILES string of the molecule is COc1nc(-c2cccc(-c3cccc4c3CC[C@@H]4Nc3nc(OC)c(CN[C@H](C(=O)O)C(C)C)nc3C(F)(F)F)c2Cl)ccc1CNC[C@@H]1CCC(=O)N1. The van der Waals surface area contributed by atoms with E-state index in [9.17, 15) is 27.9 Å². The lowest BCUT2D eigenvalue weighted by molar-refractivity contribution is -0.142. The highest BCUT2D eigenvalue weighted by Gasteiger charge is 2.39. The van der Waals surface area contributed by atoms with Crippen molar-refractivity contribution in [2.75, 3.05) is 26.1 Å². The van der Waals surface area contributed by atoms with Crippen molar-refractivity contribution in [1.29, 1.82) is 0 Å². The lowest BCUT2D eigenvalue weighted by Gasteiger charge is -2.22. The Hall–Kier alpha value is -4.99. The molecule has 16 heteroatoms. The summed E-state index contributed by atoms with van der Waals surface area (Å²) in [5, 5.41) is 22.0. The Morgan fingerprint density at radius 1 is 0.964 bits per heavy atom. The number of anilines is 1. The number of aromatic nitrogens is 3. The number of amides is 1. The van der Waals surface area contributed by atoms with Gasteiger partial charge in [-0.25, -0.2) is 9.97 Å². The van der Waals surface area contributed by atoms with Crippen LogP contribution < -0.4 is 30.7 Å². The van der Waals surface area contributed by atoms with Gasteiger partial charge < -0.3 is 30.5 Å². The van der Waals surface area contributed by atoms with Crippen LogP contribution in [0.25, 0.3) is 22.4 Å². The maximum absolute atomic E-state index is 14.5. The fourth-order valence-corrected chi connectivity index (χ4v) is 7.47. The minimum Gasteiger partial charge on any atom is -0.481 e. The van der Waals surface area contributed by atoms with E-state index in [0.29, 0.717) is 54.5 Å². The average Bonchev–Trinajstić information content (AvgIpc) is 3.76. The van der Waals surface area contributed by atoms with Crippen molar-refractivity contribution in [3.05, 3.63) is 81.6 Å². The highest BCUT2D eigenvalue weighted by molar-refractivity contribution is 6.36. The number of nitrogens with one attached hydrogen (secondary N) is 4. The number of carboxylic acid groups (broad SMARTS) is 1. The van der Waals surface area contributed by atoms with E-state index in [1.54, 1.807) is 21.0 Å². The van der Waals surface area contributed by atoms with Crippen LogP contribution in [0.3, 0.4) is 0 Å². The number of carbonyl (C=O) groups is 2. The quantitative estimate of drug-likeness (QED) is 0.0889. The Bertz CT molecular complexity index is 2070. The minimum atomic E-state index is -4.86. The van der Waals surface area contributed by atoms with Gasteiger partial charge in [0.05, 0.1) is 31.0 Å². The second-order valence-electron chi connectivity index (χ2n) is 13.9. The molecule has 12 nitrogen and oxygen atoms in total. The third-order valence-electron chi connectivity index (χ3n) is 9.89. The fraction of sp³-hybridized carbons (Fsp3) is 0.410. The van der Waals surface area contributed by atoms with Crippen molar-refractivity contribution in [2.45, 2.75) is 76.9 Å². The van der Waals surface area contributed by atoms with Crippen LogP contribution in [0, 0.1) is 5.92 Å². The number of rotatable bonds is 15. The van der Waals surface area contributed by atoms with E-state index in [-0.39, 0.29) is 36.0 Å². The number of carbonyl (C=O) groups excluding carboxylic acids is 1. The minimum absolute atomic E-state index is 0.0642. The van der Waals surface area contributed by atoms with E-state index in [1.807, 2.05) is 48.5 Å². The molecule has 0 saturated carbocycles. The molecule has 3 atom stereocenters. The van der Waals surface area contributed by atoms with Crippen LogP contribution in [0.5, 0.6) is 11.8 Å². The summed E-state index contributed by atoms with van der Waals surface area (Å²) in [5.74, 6) is -1.59. The van der Waals surface area contributed by atoms with Crippen molar-refractivity contribution in [1.82, 2.24) is 30.9 Å². The predicted octanol–water partition coefficient (Wildman–Crippen LogP) is 6.56. The average molecular weight is 782 g/mol. The summed E-state index contributed by atoms with van der Waals surface area (Å²) in [5.41, 5.74) is 4.08. The lowest BCUT2D eigenvalue weighted by atomic mass is 9.94. The van der Waals surface area contributed by atoms with Crippen LogP contribution in [0.4, 0.5) is 19.0 Å². The topological polar surface area (TPSA) is 160 Å². The molecule has 4 aromatic rings. The summed E-state index contributed by atoms with van der Waals surface area (Å²) in [4.78, 5) is 36.0. The summed E-state index contributed by atoms with van der Waals surface area (Å²) in [6.45, 7) is 4.21.